The SMILES string of the molecule is COc1ccccc1CNC(=O)CC1CCc2cc(OC)c(OC)cc21. The first-order chi connectivity index (χ1) is 12.7. The lowest BCUT2D eigenvalue weighted by atomic mass is 9.97. The highest BCUT2D eigenvalue weighted by Gasteiger charge is 2.27. The van der Waals surface area contributed by atoms with Crippen LogP contribution < -0.4 is 19.5 Å². The van der Waals surface area contributed by atoms with Gasteiger partial charge in [0.05, 0.1) is 21.3 Å². The van der Waals surface area contributed by atoms with Gasteiger partial charge in [-0.2, -0.15) is 0 Å². The number of rotatable bonds is 7. The number of aryl methyl sites for hydroxylation is 1. The summed E-state index contributed by atoms with van der Waals surface area (Å²) in [6, 6.07) is 11.8. The molecule has 2 aromatic rings. The van der Waals surface area contributed by atoms with Crippen molar-refractivity contribution in [2.75, 3.05) is 21.3 Å². The molecule has 1 atom stereocenters. The molecule has 1 aliphatic carbocycles. The predicted octanol–water partition coefficient (Wildman–Crippen LogP) is 3.45. The first-order valence-corrected chi connectivity index (χ1v) is 8.79. The number of para-hydroxylation sites is 1. The van der Waals surface area contributed by atoms with E-state index in [9.17, 15) is 4.79 Å². The van der Waals surface area contributed by atoms with Crippen molar-refractivity contribution in [3.05, 3.63) is 53.1 Å². The van der Waals surface area contributed by atoms with E-state index in [0.29, 0.717) is 18.7 Å². The van der Waals surface area contributed by atoms with Crippen LogP contribution in [0.15, 0.2) is 36.4 Å². The van der Waals surface area contributed by atoms with Gasteiger partial charge in [0, 0.05) is 18.5 Å². The van der Waals surface area contributed by atoms with Crippen LogP contribution in [-0.2, 0) is 17.8 Å². The van der Waals surface area contributed by atoms with E-state index in [2.05, 4.69) is 5.32 Å². The molecule has 0 aliphatic heterocycles. The Bertz CT molecular complexity index is 788. The molecule has 26 heavy (non-hydrogen) atoms. The number of fused-ring (bicyclic) bond motifs is 1. The Morgan fingerprint density at radius 3 is 2.46 bits per heavy atom. The number of ether oxygens (including phenoxy) is 3. The quantitative estimate of drug-likeness (QED) is 0.826. The molecule has 0 radical (unpaired) electrons. The van der Waals surface area contributed by atoms with Gasteiger partial charge in [0.15, 0.2) is 11.5 Å². The van der Waals surface area contributed by atoms with Crippen LogP contribution in [0.25, 0.3) is 0 Å². The lowest BCUT2D eigenvalue weighted by Gasteiger charge is -2.15. The predicted molar refractivity (Wildman–Crippen MR) is 100 cm³/mol. The van der Waals surface area contributed by atoms with Crippen molar-refractivity contribution in [2.24, 2.45) is 0 Å². The second-order valence-electron chi connectivity index (χ2n) is 6.43. The number of hydrogen-bond acceptors (Lipinski definition) is 4. The summed E-state index contributed by atoms with van der Waals surface area (Å²) in [7, 11) is 4.91. The fourth-order valence-corrected chi connectivity index (χ4v) is 3.57. The first-order valence-electron chi connectivity index (χ1n) is 8.79. The van der Waals surface area contributed by atoms with Gasteiger partial charge in [-0.3, -0.25) is 4.79 Å². The summed E-state index contributed by atoms with van der Waals surface area (Å²) in [5.41, 5.74) is 3.40. The Morgan fingerprint density at radius 2 is 1.73 bits per heavy atom. The van der Waals surface area contributed by atoms with Gasteiger partial charge in [-0.25, -0.2) is 0 Å². The van der Waals surface area contributed by atoms with Crippen LogP contribution in [0.1, 0.15) is 35.4 Å². The maximum Gasteiger partial charge on any atom is 0.220 e. The number of hydrogen-bond donors (Lipinski definition) is 1. The molecule has 0 saturated heterocycles. The van der Waals surface area contributed by atoms with Gasteiger partial charge in [-0.15, -0.1) is 0 Å². The first kappa shape index (κ1) is 18.1. The minimum Gasteiger partial charge on any atom is -0.496 e. The number of benzene rings is 2. The summed E-state index contributed by atoms with van der Waals surface area (Å²) < 4.78 is 16.1. The number of carbonyl (C=O) groups is 1. The highest BCUT2D eigenvalue weighted by Crippen LogP contribution is 2.41. The van der Waals surface area contributed by atoms with E-state index in [1.807, 2.05) is 36.4 Å². The van der Waals surface area contributed by atoms with E-state index in [1.165, 1.54) is 11.1 Å². The van der Waals surface area contributed by atoms with Crippen molar-refractivity contribution in [3.8, 4) is 17.2 Å². The van der Waals surface area contributed by atoms with E-state index in [-0.39, 0.29) is 11.8 Å². The Balaban J connectivity index is 1.65. The van der Waals surface area contributed by atoms with Crippen LogP contribution in [0.3, 0.4) is 0 Å². The second-order valence-corrected chi connectivity index (χ2v) is 6.43. The maximum atomic E-state index is 12.5. The van der Waals surface area contributed by atoms with Gasteiger partial charge >= 0.3 is 0 Å². The molecule has 0 heterocycles. The van der Waals surface area contributed by atoms with Crippen LogP contribution in [0.2, 0.25) is 0 Å². The van der Waals surface area contributed by atoms with Crippen LogP contribution in [-0.4, -0.2) is 27.2 Å². The molecule has 1 unspecified atom stereocenters. The zero-order valence-corrected chi connectivity index (χ0v) is 15.5. The molecule has 2 aromatic carbocycles. The molecule has 3 rings (SSSR count). The maximum absolute atomic E-state index is 12.5. The van der Waals surface area contributed by atoms with Gasteiger partial charge in [0.1, 0.15) is 5.75 Å². The zero-order chi connectivity index (χ0) is 18.5. The minimum absolute atomic E-state index is 0.0449. The summed E-state index contributed by atoms with van der Waals surface area (Å²) in [6.07, 6.45) is 2.39. The van der Waals surface area contributed by atoms with Crippen molar-refractivity contribution in [1.29, 1.82) is 0 Å². The molecule has 138 valence electrons. The summed E-state index contributed by atoms with van der Waals surface area (Å²) in [6.45, 7) is 0.467. The fourth-order valence-electron chi connectivity index (χ4n) is 3.57. The minimum atomic E-state index is 0.0449. The van der Waals surface area contributed by atoms with Crippen LogP contribution in [0.5, 0.6) is 17.2 Å². The largest absolute Gasteiger partial charge is 0.496 e. The summed E-state index contributed by atoms with van der Waals surface area (Å²) in [4.78, 5) is 12.5. The Labute approximate surface area is 154 Å². The van der Waals surface area contributed by atoms with Gasteiger partial charge in [0.25, 0.3) is 0 Å². The highest BCUT2D eigenvalue weighted by molar-refractivity contribution is 5.77. The third kappa shape index (κ3) is 3.77. The van der Waals surface area contributed by atoms with Crippen molar-refractivity contribution in [3.63, 3.8) is 0 Å². The number of methoxy groups -OCH3 is 3. The Hall–Kier alpha value is -2.69. The van der Waals surface area contributed by atoms with Crippen LogP contribution >= 0.6 is 0 Å². The smallest absolute Gasteiger partial charge is 0.220 e. The molecule has 5 nitrogen and oxygen atoms in total. The second kappa shape index (κ2) is 8.13. The van der Waals surface area contributed by atoms with E-state index in [4.69, 9.17) is 14.2 Å². The number of carbonyl (C=O) groups excluding carboxylic acids is 1. The molecule has 1 aliphatic rings. The van der Waals surface area contributed by atoms with E-state index in [0.717, 1.165) is 29.9 Å². The Morgan fingerprint density at radius 1 is 1.04 bits per heavy atom. The molecule has 5 heteroatoms. The third-order valence-corrected chi connectivity index (χ3v) is 4.95. The van der Waals surface area contributed by atoms with Crippen molar-refractivity contribution >= 4 is 5.91 Å². The van der Waals surface area contributed by atoms with Crippen molar-refractivity contribution in [1.82, 2.24) is 5.32 Å². The third-order valence-electron chi connectivity index (χ3n) is 4.95. The van der Waals surface area contributed by atoms with Crippen LogP contribution in [0, 0.1) is 0 Å². The Kier molecular flexibility index (Phi) is 5.66. The molecular formula is C21H25NO4. The van der Waals surface area contributed by atoms with Crippen LogP contribution in [0.4, 0.5) is 0 Å². The van der Waals surface area contributed by atoms with Gasteiger partial charge in [0.2, 0.25) is 5.91 Å². The topological polar surface area (TPSA) is 56.8 Å². The molecule has 1 N–H and O–H groups in total. The molecule has 0 fully saturated rings. The lowest BCUT2D eigenvalue weighted by Crippen LogP contribution is -2.24. The average Bonchev–Trinajstić information content (AvgIpc) is 3.06. The molecule has 1 amide bonds. The monoisotopic (exact) mass is 355 g/mol. The van der Waals surface area contributed by atoms with Gasteiger partial charge in [-0.1, -0.05) is 18.2 Å². The van der Waals surface area contributed by atoms with Crippen molar-refractivity contribution in [2.45, 2.75) is 31.7 Å². The van der Waals surface area contributed by atoms with Gasteiger partial charge in [-0.05, 0) is 48.1 Å². The highest BCUT2D eigenvalue weighted by atomic mass is 16.5. The number of amides is 1. The zero-order valence-electron chi connectivity index (χ0n) is 15.5. The standard InChI is InChI=1S/C21H25NO4/c1-24-18-7-5-4-6-16(18)13-22-21(23)11-15-9-8-14-10-19(25-2)20(26-3)12-17(14)15/h4-7,10,12,15H,8-9,11,13H2,1-3H3,(H,22,23). The summed E-state index contributed by atoms with van der Waals surface area (Å²) in [5, 5.41) is 3.01. The normalized spacial score (nSPS) is 15.3. The molecular weight excluding hydrogens is 330 g/mol. The van der Waals surface area contributed by atoms with E-state index >= 15 is 0 Å². The molecule has 0 bridgehead atoms. The van der Waals surface area contributed by atoms with Gasteiger partial charge < -0.3 is 19.5 Å². The molecule has 0 saturated carbocycles. The van der Waals surface area contributed by atoms with E-state index in [1.54, 1.807) is 21.3 Å². The molecule has 0 aromatic heterocycles. The van der Waals surface area contributed by atoms with E-state index < -0.39 is 0 Å². The summed E-state index contributed by atoms with van der Waals surface area (Å²) in [5.74, 6) is 2.50. The lowest BCUT2D eigenvalue weighted by molar-refractivity contribution is -0.121. The summed E-state index contributed by atoms with van der Waals surface area (Å²) >= 11 is 0. The van der Waals surface area contributed by atoms with Crippen molar-refractivity contribution < 1.29 is 19.0 Å². The fraction of sp³-hybridized carbons (Fsp3) is 0.381. The molecule has 0 spiro atoms. The number of nitrogens with one attached hydrogen (secondary N) is 1. The average molecular weight is 355 g/mol.